The SMILES string of the molecule is COc1ccc([Si](C)(C)[C@H]2[C@H](CC(=O)N3CCC[C@H]3CO)O[C@@]3(C(=O)N(Cc4cccc(N5C(=O)COc6ccccc65)c4)c4ccc(Cl)cc43)[C@@H]2C)cc1. The molecule has 0 aliphatic carbocycles. The van der Waals surface area contributed by atoms with Crippen molar-refractivity contribution in [2.24, 2.45) is 5.92 Å². The smallest absolute Gasteiger partial charge is 0.269 e. The fourth-order valence-electron chi connectivity index (χ4n) is 9.65. The summed E-state index contributed by atoms with van der Waals surface area (Å²) >= 11 is 6.72. The Labute approximate surface area is 327 Å². The fraction of sp³-hybridized carbons (Fsp3) is 0.372. The van der Waals surface area contributed by atoms with Crippen molar-refractivity contribution < 1.29 is 33.7 Å². The third-order valence-corrected chi connectivity index (χ3v) is 16.9. The summed E-state index contributed by atoms with van der Waals surface area (Å²) in [7, 11) is -0.864. The number of ether oxygens (including phenoxy) is 3. The minimum absolute atomic E-state index is 0.0694. The highest BCUT2D eigenvalue weighted by atomic mass is 35.5. The number of aliphatic hydroxyl groups excluding tert-OH is 1. The third kappa shape index (κ3) is 6.21. The second kappa shape index (κ2) is 14.4. The lowest BCUT2D eigenvalue weighted by Crippen LogP contribution is -2.52. The zero-order valence-electron chi connectivity index (χ0n) is 31.5. The average molecular weight is 780 g/mol. The Bertz CT molecular complexity index is 2150. The first-order valence-corrected chi connectivity index (χ1v) is 22.4. The molecule has 0 saturated carbocycles. The van der Waals surface area contributed by atoms with E-state index in [0.717, 1.165) is 24.2 Å². The minimum Gasteiger partial charge on any atom is -0.497 e. The van der Waals surface area contributed by atoms with Crippen molar-refractivity contribution in [2.75, 3.05) is 36.7 Å². The van der Waals surface area contributed by atoms with E-state index in [9.17, 15) is 14.7 Å². The molecular formula is C43H46ClN3O7Si. The van der Waals surface area contributed by atoms with E-state index in [1.54, 1.807) is 27.9 Å². The second-order valence-corrected chi connectivity index (χ2v) is 20.8. The molecule has 8 rings (SSSR count). The number of nitrogens with zero attached hydrogens (tertiary/aromatic N) is 3. The van der Waals surface area contributed by atoms with Crippen molar-refractivity contribution in [3.8, 4) is 11.5 Å². The first-order valence-electron chi connectivity index (χ1n) is 19.0. The Hall–Kier alpha value is -4.68. The summed E-state index contributed by atoms with van der Waals surface area (Å²) in [5.74, 6) is 0.597. The van der Waals surface area contributed by atoms with Gasteiger partial charge in [0.15, 0.2) is 12.2 Å². The van der Waals surface area contributed by atoms with Gasteiger partial charge in [-0.3, -0.25) is 19.3 Å². The minimum atomic E-state index is -2.51. The van der Waals surface area contributed by atoms with Crippen LogP contribution in [0.25, 0.3) is 0 Å². The number of fused-ring (bicyclic) bond motifs is 3. The molecule has 5 atom stereocenters. The highest BCUT2D eigenvalue weighted by molar-refractivity contribution is 6.91. The Morgan fingerprint density at radius 1 is 1.00 bits per heavy atom. The molecule has 12 heteroatoms. The monoisotopic (exact) mass is 779 g/mol. The summed E-state index contributed by atoms with van der Waals surface area (Å²) in [5.41, 5.74) is 2.02. The molecule has 55 heavy (non-hydrogen) atoms. The van der Waals surface area contributed by atoms with Gasteiger partial charge in [-0.15, -0.1) is 0 Å². The highest BCUT2D eigenvalue weighted by Crippen LogP contribution is 2.60. The van der Waals surface area contributed by atoms with Crippen LogP contribution in [0, 0.1) is 5.92 Å². The normalized spacial score (nSPS) is 24.7. The van der Waals surface area contributed by atoms with Crippen LogP contribution >= 0.6 is 11.6 Å². The van der Waals surface area contributed by atoms with Gasteiger partial charge >= 0.3 is 0 Å². The predicted molar refractivity (Wildman–Crippen MR) is 214 cm³/mol. The van der Waals surface area contributed by atoms with Crippen LogP contribution in [0.5, 0.6) is 11.5 Å². The number of carbonyl (C=O) groups is 3. The molecule has 0 bridgehead atoms. The van der Waals surface area contributed by atoms with Crippen LogP contribution in [-0.4, -0.2) is 74.8 Å². The summed E-state index contributed by atoms with van der Waals surface area (Å²) in [6.45, 7) is 7.32. The lowest BCUT2D eigenvalue weighted by Gasteiger charge is -2.37. The van der Waals surface area contributed by atoms with E-state index in [0.29, 0.717) is 39.9 Å². The van der Waals surface area contributed by atoms with Gasteiger partial charge in [-0.05, 0) is 78.5 Å². The van der Waals surface area contributed by atoms with Gasteiger partial charge in [0.05, 0.1) is 58.3 Å². The zero-order valence-corrected chi connectivity index (χ0v) is 33.3. The molecule has 0 unspecified atom stereocenters. The maximum atomic E-state index is 15.3. The Morgan fingerprint density at radius 2 is 1.78 bits per heavy atom. The average Bonchev–Trinajstić information content (AvgIpc) is 3.85. The number of carbonyl (C=O) groups excluding carboxylic acids is 3. The van der Waals surface area contributed by atoms with Crippen molar-refractivity contribution in [1.82, 2.24) is 4.90 Å². The molecule has 1 N–H and O–H groups in total. The lowest BCUT2D eigenvalue weighted by molar-refractivity contribution is -0.150. The molecule has 1 spiro atoms. The van der Waals surface area contributed by atoms with Gasteiger partial charge in [-0.1, -0.05) is 73.2 Å². The quantitative estimate of drug-likeness (QED) is 0.192. The van der Waals surface area contributed by atoms with Crippen LogP contribution in [0.2, 0.25) is 23.7 Å². The topological polar surface area (TPSA) is 109 Å². The summed E-state index contributed by atoms with van der Waals surface area (Å²) in [5, 5.41) is 11.7. The van der Waals surface area contributed by atoms with E-state index in [-0.39, 0.29) is 61.4 Å². The standard InChI is InChI=1S/C43H46ClN3O7Si/c1-27-41(55(3,4)33-17-15-32(52-2)16-18-33)38(23-39(49)45-20-8-11-31(45)25-48)54-43(27)34-22-29(44)14-19-35(34)46(42(43)51)24-28-9-7-10-30(21-28)47-36-12-5-6-13-37(36)53-26-40(47)50/h5-7,9-10,12-19,21-22,27,31,38,41,48H,8,11,20,23-26H2,1-4H3/t27-,31+,38+,41-,43+/m1/s1. The van der Waals surface area contributed by atoms with E-state index in [1.165, 1.54) is 5.19 Å². The number of hydrogen-bond acceptors (Lipinski definition) is 7. The van der Waals surface area contributed by atoms with E-state index in [4.69, 9.17) is 25.8 Å². The number of para-hydroxylation sites is 2. The van der Waals surface area contributed by atoms with Gasteiger partial charge in [0.1, 0.15) is 11.5 Å². The maximum absolute atomic E-state index is 15.3. The van der Waals surface area contributed by atoms with Gasteiger partial charge in [-0.2, -0.15) is 0 Å². The third-order valence-electron chi connectivity index (χ3n) is 12.3. The Kier molecular flexibility index (Phi) is 9.77. The molecule has 2 saturated heterocycles. The van der Waals surface area contributed by atoms with Crippen LogP contribution in [0.3, 0.4) is 0 Å². The number of methoxy groups -OCH3 is 1. The molecule has 4 aliphatic rings. The summed E-state index contributed by atoms with van der Waals surface area (Å²) in [4.78, 5) is 47.9. The van der Waals surface area contributed by atoms with Crippen LogP contribution in [-0.2, 0) is 31.3 Å². The Morgan fingerprint density at radius 3 is 2.55 bits per heavy atom. The summed E-state index contributed by atoms with van der Waals surface area (Å²) in [6.07, 6.45) is 1.12. The molecule has 4 aromatic carbocycles. The van der Waals surface area contributed by atoms with Crippen LogP contribution in [0.15, 0.2) is 91.0 Å². The molecule has 3 amide bonds. The van der Waals surface area contributed by atoms with Gasteiger partial charge < -0.3 is 29.1 Å². The largest absolute Gasteiger partial charge is 0.497 e. The zero-order chi connectivity index (χ0) is 38.6. The molecule has 4 aromatic rings. The number of amides is 3. The molecule has 4 aliphatic heterocycles. The number of anilines is 3. The molecule has 286 valence electrons. The van der Waals surface area contributed by atoms with E-state index >= 15 is 4.79 Å². The highest BCUT2D eigenvalue weighted by Gasteiger charge is 2.66. The van der Waals surface area contributed by atoms with E-state index < -0.39 is 19.8 Å². The maximum Gasteiger partial charge on any atom is 0.269 e. The lowest BCUT2D eigenvalue weighted by atomic mass is 9.82. The number of hydrogen-bond donors (Lipinski definition) is 1. The van der Waals surface area contributed by atoms with Gasteiger partial charge in [-0.25, -0.2) is 0 Å². The van der Waals surface area contributed by atoms with Gasteiger partial charge in [0.2, 0.25) is 5.91 Å². The molecule has 0 aromatic heterocycles. The fourth-order valence-corrected chi connectivity index (χ4v) is 13.8. The Balaban J connectivity index is 1.18. The molecule has 10 nitrogen and oxygen atoms in total. The van der Waals surface area contributed by atoms with Crippen LogP contribution < -0.4 is 24.5 Å². The van der Waals surface area contributed by atoms with Gasteiger partial charge in [0, 0.05) is 28.7 Å². The van der Waals surface area contributed by atoms with Crippen molar-refractivity contribution in [3.63, 3.8) is 0 Å². The van der Waals surface area contributed by atoms with Gasteiger partial charge in [0.25, 0.3) is 11.8 Å². The second-order valence-electron chi connectivity index (χ2n) is 15.6. The van der Waals surface area contributed by atoms with Crippen molar-refractivity contribution in [2.45, 2.75) is 69.1 Å². The predicted octanol–water partition coefficient (Wildman–Crippen LogP) is 6.54. The van der Waals surface area contributed by atoms with Crippen molar-refractivity contribution in [3.05, 3.63) is 107 Å². The number of rotatable bonds is 9. The summed E-state index contributed by atoms with van der Waals surface area (Å²) in [6, 6.07) is 28.5. The summed E-state index contributed by atoms with van der Waals surface area (Å²) < 4.78 is 18.4. The number of benzene rings is 4. The van der Waals surface area contributed by atoms with Crippen molar-refractivity contribution >= 4 is 59.6 Å². The van der Waals surface area contributed by atoms with E-state index in [1.807, 2.05) is 72.8 Å². The molecule has 0 radical (unpaired) electrons. The van der Waals surface area contributed by atoms with E-state index in [2.05, 4.69) is 32.2 Å². The van der Waals surface area contributed by atoms with Crippen LogP contribution in [0.4, 0.5) is 17.1 Å². The van der Waals surface area contributed by atoms with Crippen LogP contribution in [0.1, 0.15) is 37.3 Å². The first kappa shape index (κ1) is 37.3. The number of aliphatic hydroxyl groups is 1. The number of likely N-dealkylation sites (tertiary alicyclic amines) is 1. The molecule has 2 fully saturated rings. The number of halogens is 1. The first-order chi connectivity index (χ1) is 26.5. The molecular weight excluding hydrogens is 734 g/mol. The molecule has 4 heterocycles. The van der Waals surface area contributed by atoms with Crippen molar-refractivity contribution in [1.29, 1.82) is 0 Å².